The van der Waals surface area contributed by atoms with Crippen molar-refractivity contribution in [1.29, 1.82) is 0 Å². The van der Waals surface area contributed by atoms with E-state index in [4.69, 9.17) is 4.74 Å². The van der Waals surface area contributed by atoms with Crippen molar-refractivity contribution < 1.29 is 14.6 Å². The summed E-state index contributed by atoms with van der Waals surface area (Å²) in [6, 6.07) is 0.357. The summed E-state index contributed by atoms with van der Waals surface area (Å²) < 4.78 is 5.28. The van der Waals surface area contributed by atoms with Crippen LogP contribution < -0.4 is 0 Å². The van der Waals surface area contributed by atoms with Crippen LogP contribution in [0.15, 0.2) is 0 Å². The molecule has 116 valence electrons. The molecule has 5 nitrogen and oxygen atoms in total. The van der Waals surface area contributed by atoms with E-state index in [1.165, 1.54) is 6.42 Å². The van der Waals surface area contributed by atoms with E-state index >= 15 is 0 Å². The van der Waals surface area contributed by atoms with Crippen LogP contribution in [-0.2, 0) is 9.53 Å². The molecule has 5 heteroatoms. The Labute approximate surface area is 121 Å². The predicted octanol–water partition coefficient (Wildman–Crippen LogP) is 0.861. The van der Waals surface area contributed by atoms with E-state index < -0.39 is 5.60 Å². The van der Waals surface area contributed by atoms with Gasteiger partial charge in [0.2, 0.25) is 5.91 Å². The van der Waals surface area contributed by atoms with E-state index in [1.807, 2.05) is 16.8 Å². The Bertz CT molecular complexity index is 329. The molecule has 1 atom stereocenters. The highest BCUT2D eigenvalue weighted by molar-refractivity contribution is 5.78. The number of hydrogen-bond acceptors (Lipinski definition) is 4. The summed E-state index contributed by atoms with van der Waals surface area (Å²) in [4.78, 5) is 16.3. The number of hydrogen-bond donors (Lipinski definition) is 1. The quantitative estimate of drug-likeness (QED) is 0.832. The average Bonchev–Trinajstić information content (AvgIpc) is 2.39. The lowest BCUT2D eigenvalue weighted by molar-refractivity contribution is -0.136. The fraction of sp³-hybridized carbons (Fsp3) is 0.933. The fourth-order valence-electron chi connectivity index (χ4n) is 3.26. The number of amides is 1. The molecular formula is C15H28N2O3. The Morgan fingerprint density at radius 3 is 2.75 bits per heavy atom. The van der Waals surface area contributed by atoms with E-state index in [0.717, 1.165) is 19.4 Å². The largest absolute Gasteiger partial charge is 0.388 e. The van der Waals surface area contributed by atoms with Crippen molar-refractivity contribution in [3.8, 4) is 0 Å². The van der Waals surface area contributed by atoms with Crippen LogP contribution in [0.4, 0.5) is 0 Å². The minimum absolute atomic E-state index is 0.190. The molecule has 2 saturated heterocycles. The lowest BCUT2D eigenvalue weighted by Crippen LogP contribution is -2.50. The zero-order valence-corrected chi connectivity index (χ0v) is 12.8. The number of likely N-dealkylation sites (N-methyl/N-ethyl adjacent to an activating group) is 1. The van der Waals surface area contributed by atoms with Crippen LogP contribution in [0.1, 0.15) is 39.0 Å². The minimum Gasteiger partial charge on any atom is -0.388 e. The summed E-state index contributed by atoms with van der Waals surface area (Å²) >= 11 is 0. The summed E-state index contributed by atoms with van der Waals surface area (Å²) in [5, 5.41) is 10.5. The maximum absolute atomic E-state index is 12.3. The molecule has 0 aromatic carbocycles. The average molecular weight is 284 g/mol. The first kappa shape index (κ1) is 15.7. The van der Waals surface area contributed by atoms with E-state index in [2.05, 4.69) is 6.92 Å². The van der Waals surface area contributed by atoms with Gasteiger partial charge in [-0.2, -0.15) is 0 Å². The molecule has 0 aromatic heterocycles. The van der Waals surface area contributed by atoms with E-state index in [-0.39, 0.29) is 5.91 Å². The lowest BCUT2D eigenvalue weighted by Gasteiger charge is -2.37. The van der Waals surface area contributed by atoms with Gasteiger partial charge < -0.3 is 14.7 Å². The highest BCUT2D eigenvalue weighted by Gasteiger charge is 2.32. The standard InChI is InChI=1S/C15H28N2O3/c1-13-5-3-4-8-17(13)14(18)11-16(2)12-15(19)6-9-20-10-7-15/h13,19H,3-12H2,1-2H3. The number of rotatable bonds is 4. The maximum Gasteiger partial charge on any atom is 0.236 e. The monoisotopic (exact) mass is 284 g/mol. The van der Waals surface area contributed by atoms with Gasteiger partial charge in [-0.05, 0) is 33.2 Å². The van der Waals surface area contributed by atoms with Gasteiger partial charge in [-0.3, -0.25) is 9.69 Å². The van der Waals surface area contributed by atoms with Gasteiger partial charge in [0.1, 0.15) is 0 Å². The SMILES string of the molecule is CC1CCCCN1C(=O)CN(C)CC1(O)CCOCC1. The first-order chi connectivity index (χ1) is 9.50. The maximum atomic E-state index is 12.3. The topological polar surface area (TPSA) is 53.0 Å². The van der Waals surface area contributed by atoms with Crippen LogP contribution in [0.3, 0.4) is 0 Å². The highest BCUT2D eigenvalue weighted by atomic mass is 16.5. The van der Waals surface area contributed by atoms with Gasteiger partial charge in [-0.1, -0.05) is 0 Å². The molecular weight excluding hydrogens is 256 g/mol. The van der Waals surface area contributed by atoms with Gasteiger partial charge in [-0.15, -0.1) is 0 Å². The Morgan fingerprint density at radius 1 is 1.40 bits per heavy atom. The van der Waals surface area contributed by atoms with Crippen molar-refractivity contribution in [3.05, 3.63) is 0 Å². The third-order valence-electron chi connectivity index (χ3n) is 4.52. The van der Waals surface area contributed by atoms with Crippen LogP contribution in [0.5, 0.6) is 0 Å². The zero-order valence-electron chi connectivity index (χ0n) is 12.8. The van der Waals surface area contributed by atoms with Crippen LogP contribution in [0.25, 0.3) is 0 Å². The van der Waals surface area contributed by atoms with Gasteiger partial charge in [0.25, 0.3) is 0 Å². The first-order valence-electron chi connectivity index (χ1n) is 7.78. The summed E-state index contributed by atoms with van der Waals surface area (Å²) in [7, 11) is 1.92. The fourth-order valence-corrected chi connectivity index (χ4v) is 3.26. The van der Waals surface area contributed by atoms with Crippen LogP contribution in [0.2, 0.25) is 0 Å². The molecule has 1 amide bonds. The molecule has 2 aliphatic heterocycles. The third kappa shape index (κ3) is 4.17. The molecule has 2 fully saturated rings. The number of aliphatic hydroxyl groups is 1. The number of nitrogens with zero attached hydrogens (tertiary/aromatic N) is 2. The van der Waals surface area contributed by atoms with Gasteiger partial charge >= 0.3 is 0 Å². The van der Waals surface area contributed by atoms with Crippen LogP contribution >= 0.6 is 0 Å². The van der Waals surface area contributed by atoms with E-state index in [9.17, 15) is 9.90 Å². The predicted molar refractivity (Wildman–Crippen MR) is 77.5 cm³/mol. The molecule has 0 aromatic rings. The summed E-state index contributed by atoms with van der Waals surface area (Å²) in [6.07, 6.45) is 4.76. The van der Waals surface area contributed by atoms with Crippen molar-refractivity contribution in [3.63, 3.8) is 0 Å². The minimum atomic E-state index is -0.694. The molecule has 20 heavy (non-hydrogen) atoms. The molecule has 0 radical (unpaired) electrons. The van der Waals surface area contributed by atoms with Crippen LogP contribution in [-0.4, -0.2) is 72.4 Å². The van der Waals surface area contributed by atoms with E-state index in [1.54, 1.807) is 0 Å². The van der Waals surface area contributed by atoms with Crippen molar-refractivity contribution in [2.75, 3.05) is 39.9 Å². The smallest absolute Gasteiger partial charge is 0.236 e. The number of ether oxygens (including phenoxy) is 1. The second kappa shape index (κ2) is 6.87. The molecule has 0 spiro atoms. The highest BCUT2D eigenvalue weighted by Crippen LogP contribution is 2.22. The van der Waals surface area contributed by atoms with Crippen molar-refractivity contribution in [1.82, 2.24) is 9.80 Å². The van der Waals surface area contributed by atoms with Crippen LogP contribution in [0, 0.1) is 0 Å². The zero-order chi connectivity index (χ0) is 14.6. The Morgan fingerprint density at radius 2 is 2.10 bits per heavy atom. The Hall–Kier alpha value is -0.650. The summed E-state index contributed by atoms with van der Waals surface area (Å²) in [5.74, 6) is 0.190. The van der Waals surface area contributed by atoms with Crippen molar-refractivity contribution >= 4 is 5.91 Å². The second-order valence-corrected chi connectivity index (χ2v) is 6.44. The van der Waals surface area contributed by atoms with Gasteiger partial charge in [0.15, 0.2) is 0 Å². The molecule has 0 saturated carbocycles. The number of carbonyl (C=O) groups excluding carboxylic acids is 1. The molecule has 0 aliphatic carbocycles. The molecule has 2 aliphatic rings. The summed E-state index contributed by atoms with van der Waals surface area (Å²) in [6.45, 7) is 5.18. The van der Waals surface area contributed by atoms with Crippen molar-refractivity contribution in [2.45, 2.75) is 50.7 Å². The molecule has 0 bridgehead atoms. The molecule has 1 N–H and O–H groups in total. The lowest BCUT2D eigenvalue weighted by atomic mass is 9.94. The van der Waals surface area contributed by atoms with Gasteiger partial charge in [0, 0.05) is 45.2 Å². The summed E-state index contributed by atoms with van der Waals surface area (Å²) in [5.41, 5.74) is -0.694. The van der Waals surface area contributed by atoms with Gasteiger partial charge in [0.05, 0.1) is 12.1 Å². The molecule has 2 heterocycles. The molecule has 1 unspecified atom stereocenters. The van der Waals surface area contributed by atoms with Crippen molar-refractivity contribution in [2.24, 2.45) is 0 Å². The first-order valence-corrected chi connectivity index (χ1v) is 7.78. The second-order valence-electron chi connectivity index (χ2n) is 6.44. The van der Waals surface area contributed by atoms with E-state index in [0.29, 0.717) is 45.2 Å². The van der Waals surface area contributed by atoms with Gasteiger partial charge in [-0.25, -0.2) is 0 Å². The number of likely N-dealkylation sites (tertiary alicyclic amines) is 1. The molecule has 2 rings (SSSR count). The Kier molecular flexibility index (Phi) is 5.41. The number of piperidine rings is 1. The number of carbonyl (C=O) groups is 1. The normalized spacial score (nSPS) is 26.8. The third-order valence-corrected chi connectivity index (χ3v) is 4.52. The Balaban J connectivity index is 1.81.